The van der Waals surface area contributed by atoms with Crippen LogP contribution in [0.4, 0.5) is 5.82 Å². The predicted molar refractivity (Wildman–Crippen MR) is 120 cm³/mol. The van der Waals surface area contributed by atoms with Gasteiger partial charge in [-0.2, -0.15) is 0 Å². The molecule has 30 heavy (non-hydrogen) atoms. The van der Waals surface area contributed by atoms with Gasteiger partial charge in [0.05, 0.1) is 12.1 Å². The lowest BCUT2D eigenvalue weighted by Gasteiger charge is -2.35. The topological polar surface area (TPSA) is 73.4 Å². The molecule has 0 radical (unpaired) electrons. The van der Waals surface area contributed by atoms with E-state index >= 15 is 0 Å². The summed E-state index contributed by atoms with van der Waals surface area (Å²) in [7, 11) is 1.97. The molecule has 2 aliphatic rings. The number of nitrogens with zero attached hydrogens (tertiary/aromatic N) is 4. The molecule has 0 unspecified atom stereocenters. The minimum atomic E-state index is 0.275. The number of anilines is 1. The fraction of sp³-hybridized carbons (Fsp3) is 0.609. The van der Waals surface area contributed by atoms with Gasteiger partial charge in [0.1, 0.15) is 11.6 Å². The van der Waals surface area contributed by atoms with E-state index in [0.29, 0.717) is 5.91 Å². The lowest BCUT2D eigenvalue weighted by molar-refractivity contribution is -0.137. The summed E-state index contributed by atoms with van der Waals surface area (Å²) in [5.41, 5.74) is 0.980. The third-order valence-corrected chi connectivity index (χ3v) is 6.30. The number of hydrogen-bond acceptors (Lipinski definition) is 6. The minimum Gasteiger partial charge on any atom is -0.369 e. The number of para-hydroxylation sites is 1. The first-order valence-corrected chi connectivity index (χ1v) is 11.4. The molecule has 0 atom stereocenters. The molecule has 4 rings (SSSR count). The lowest BCUT2D eigenvalue weighted by Crippen LogP contribution is -2.49. The van der Waals surface area contributed by atoms with Gasteiger partial charge >= 0.3 is 0 Å². The average molecular weight is 411 g/mol. The molecule has 1 amide bonds. The van der Waals surface area contributed by atoms with Crippen molar-refractivity contribution in [2.75, 3.05) is 51.6 Å². The second-order valence-electron chi connectivity index (χ2n) is 8.47. The second kappa shape index (κ2) is 10.2. The molecule has 1 aliphatic carbocycles. The van der Waals surface area contributed by atoms with Crippen molar-refractivity contribution < 1.29 is 4.79 Å². The molecule has 162 valence electrons. The Morgan fingerprint density at radius 1 is 1.07 bits per heavy atom. The average Bonchev–Trinajstić information content (AvgIpc) is 3.32. The van der Waals surface area contributed by atoms with Gasteiger partial charge in [-0.1, -0.05) is 25.0 Å². The molecule has 1 aliphatic heterocycles. The van der Waals surface area contributed by atoms with Crippen LogP contribution >= 0.6 is 0 Å². The zero-order valence-electron chi connectivity index (χ0n) is 18.1. The summed E-state index contributed by atoms with van der Waals surface area (Å²) < 4.78 is 0. The number of amides is 1. The summed E-state index contributed by atoms with van der Waals surface area (Å²) in [6, 6.07) is 8.19. The first-order valence-electron chi connectivity index (χ1n) is 11.4. The highest BCUT2D eigenvalue weighted by Crippen LogP contribution is 2.27. The number of rotatable bonds is 8. The number of piperazine rings is 1. The maximum Gasteiger partial charge on any atom is 0.225 e. The predicted octanol–water partition coefficient (Wildman–Crippen LogP) is 2.49. The summed E-state index contributed by atoms with van der Waals surface area (Å²) in [5.74, 6) is 2.42. The first-order chi connectivity index (χ1) is 14.7. The first kappa shape index (κ1) is 21.0. The number of aromatic nitrogens is 2. The summed E-state index contributed by atoms with van der Waals surface area (Å²) in [6.45, 7) is 5.99. The fourth-order valence-corrected chi connectivity index (χ4v) is 4.56. The number of carbonyl (C=O) groups excluding carboxylic acids is 1. The van der Waals surface area contributed by atoms with Crippen molar-refractivity contribution in [1.29, 1.82) is 0 Å². The summed E-state index contributed by atoms with van der Waals surface area (Å²) in [6.07, 6.45) is 5.62. The van der Waals surface area contributed by atoms with E-state index in [9.17, 15) is 4.79 Å². The van der Waals surface area contributed by atoms with Crippen molar-refractivity contribution in [3.63, 3.8) is 0 Å². The van der Waals surface area contributed by atoms with Crippen LogP contribution in [-0.4, -0.2) is 72.0 Å². The van der Waals surface area contributed by atoms with Crippen LogP contribution in [0.2, 0.25) is 0 Å². The number of fused-ring (bicyclic) bond motifs is 1. The van der Waals surface area contributed by atoms with Crippen molar-refractivity contribution >= 4 is 22.6 Å². The monoisotopic (exact) mass is 410 g/mol. The maximum absolute atomic E-state index is 12.7. The fourth-order valence-electron chi connectivity index (χ4n) is 4.56. The van der Waals surface area contributed by atoms with Gasteiger partial charge in [-0.25, -0.2) is 9.97 Å². The van der Waals surface area contributed by atoms with Crippen LogP contribution in [0.1, 0.15) is 37.9 Å². The molecular formula is C23H34N6O. The largest absolute Gasteiger partial charge is 0.369 e. The van der Waals surface area contributed by atoms with E-state index in [1.165, 1.54) is 12.8 Å². The molecule has 2 N–H and O–H groups in total. The van der Waals surface area contributed by atoms with Crippen LogP contribution in [0, 0.1) is 5.92 Å². The van der Waals surface area contributed by atoms with E-state index < -0.39 is 0 Å². The summed E-state index contributed by atoms with van der Waals surface area (Å²) in [5, 5.41) is 7.74. The van der Waals surface area contributed by atoms with Gasteiger partial charge in [0.25, 0.3) is 0 Å². The van der Waals surface area contributed by atoms with Gasteiger partial charge in [0, 0.05) is 44.0 Å². The van der Waals surface area contributed by atoms with E-state index in [-0.39, 0.29) is 5.92 Å². The molecule has 1 aromatic heterocycles. The van der Waals surface area contributed by atoms with E-state index in [1.807, 2.05) is 19.2 Å². The molecule has 7 heteroatoms. The van der Waals surface area contributed by atoms with Gasteiger partial charge < -0.3 is 15.5 Å². The molecule has 1 aromatic carbocycles. The van der Waals surface area contributed by atoms with Crippen LogP contribution in [0.15, 0.2) is 24.3 Å². The molecule has 0 bridgehead atoms. The number of benzene rings is 1. The Morgan fingerprint density at radius 2 is 1.83 bits per heavy atom. The highest BCUT2D eigenvalue weighted by atomic mass is 16.2. The summed E-state index contributed by atoms with van der Waals surface area (Å²) >= 11 is 0. The third-order valence-electron chi connectivity index (χ3n) is 6.30. The molecular weight excluding hydrogens is 376 g/mol. The van der Waals surface area contributed by atoms with Crippen molar-refractivity contribution in [3.05, 3.63) is 30.1 Å². The van der Waals surface area contributed by atoms with Crippen molar-refractivity contribution in [3.8, 4) is 0 Å². The second-order valence-corrected chi connectivity index (χ2v) is 8.47. The van der Waals surface area contributed by atoms with Crippen LogP contribution in [-0.2, 0) is 11.3 Å². The van der Waals surface area contributed by atoms with E-state index in [1.54, 1.807) is 0 Å². The highest BCUT2D eigenvalue weighted by molar-refractivity contribution is 5.89. The van der Waals surface area contributed by atoms with E-state index in [4.69, 9.17) is 9.97 Å². The summed E-state index contributed by atoms with van der Waals surface area (Å²) in [4.78, 5) is 26.8. The van der Waals surface area contributed by atoms with Crippen LogP contribution < -0.4 is 10.6 Å². The highest BCUT2D eigenvalue weighted by Gasteiger charge is 2.29. The molecule has 1 saturated heterocycles. The molecule has 1 saturated carbocycles. The Kier molecular flexibility index (Phi) is 7.12. The number of nitrogens with one attached hydrogen (secondary N) is 2. The van der Waals surface area contributed by atoms with Gasteiger partial charge in [-0.15, -0.1) is 0 Å². The molecule has 2 fully saturated rings. The number of hydrogen-bond donors (Lipinski definition) is 2. The Hall–Kier alpha value is -2.25. The standard InChI is InChI=1S/C23H34N6O/c1-24-11-6-12-25-22-19-9-4-5-10-20(19)26-21(27-22)17-28-13-15-29(16-14-28)23(30)18-7-2-3-8-18/h4-5,9-10,18,24H,2-3,6-8,11-17H2,1H3,(H,25,26,27). The van der Waals surface area contributed by atoms with Gasteiger partial charge in [-0.3, -0.25) is 9.69 Å². The maximum atomic E-state index is 12.7. The smallest absolute Gasteiger partial charge is 0.225 e. The van der Waals surface area contributed by atoms with Crippen molar-refractivity contribution in [1.82, 2.24) is 25.1 Å². The zero-order valence-corrected chi connectivity index (χ0v) is 18.1. The van der Waals surface area contributed by atoms with E-state index in [2.05, 4.69) is 32.6 Å². The lowest BCUT2D eigenvalue weighted by atomic mass is 10.1. The molecule has 2 heterocycles. The Bertz CT molecular complexity index is 843. The van der Waals surface area contributed by atoms with Crippen LogP contribution in [0.3, 0.4) is 0 Å². The van der Waals surface area contributed by atoms with Crippen molar-refractivity contribution in [2.45, 2.75) is 38.6 Å². The quantitative estimate of drug-likeness (QED) is 0.652. The molecule has 0 spiro atoms. The van der Waals surface area contributed by atoms with Crippen LogP contribution in [0.5, 0.6) is 0 Å². The van der Waals surface area contributed by atoms with Crippen molar-refractivity contribution in [2.24, 2.45) is 5.92 Å². The Labute approximate surface area is 179 Å². The SMILES string of the molecule is CNCCCNc1nc(CN2CCN(C(=O)C3CCCC3)CC2)nc2ccccc12. The van der Waals surface area contributed by atoms with E-state index in [0.717, 1.165) is 87.6 Å². The van der Waals surface area contributed by atoms with Gasteiger partial charge in [-0.05, 0) is 45.0 Å². The Balaban J connectivity index is 1.38. The normalized spacial score (nSPS) is 18.2. The molecule has 7 nitrogen and oxygen atoms in total. The minimum absolute atomic E-state index is 0.275. The zero-order chi connectivity index (χ0) is 20.8. The van der Waals surface area contributed by atoms with Gasteiger partial charge in [0.15, 0.2) is 0 Å². The number of carbonyl (C=O) groups is 1. The third kappa shape index (κ3) is 5.08. The van der Waals surface area contributed by atoms with Gasteiger partial charge in [0.2, 0.25) is 5.91 Å². The molecule has 2 aromatic rings. The van der Waals surface area contributed by atoms with Crippen LogP contribution in [0.25, 0.3) is 10.9 Å². The Morgan fingerprint density at radius 3 is 2.60 bits per heavy atom.